The number of carbonyl (C=O) groups is 2. The predicted molar refractivity (Wildman–Crippen MR) is 70.5 cm³/mol. The summed E-state index contributed by atoms with van der Waals surface area (Å²) in [7, 11) is 1.43. The van der Waals surface area contributed by atoms with E-state index in [9.17, 15) is 9.59 Å². The van der Waals surface area contributed by atoms with Gasteiger partial charge in [-0.25, -0.2) is 4.79 Å². The molecule has 0 saturated carbocycles. The van der Waals surface area contributed by atoms with Gasteiger partial charge >= 0.3 is 12.0 Å². The van der Waals surface area contributed by atoms with E-state index in [4.69, 9.17) is 4.74 Å². The number of urea groups is 1. The fraction of sp³-hybridized carbons (Fsp3) is 0.833. The van der Waals surface area contributed by atoms with Gasteiger partial charge < -0.3 is 15.4 Å². The molecule has 18 heavy (non-hydrogen) atoms. The molecule has 2 heterocycles. The maximum atomic E-state index is 11.3. The lowest BCUT2D eigenvalue weighted by Crippen LogP contribution is -2.36. The van der Waals surface area contributed by atoms with Crippen LogP contribution in [0.15, 0.2) is 0 Å². The second kappa shape index (κ2) is 5.82. The van der Waals surface area contributed by atoms with E-state index in [-0.39, 0.29) is 30.0 Å². The summed E-state index contributed by atoms with van der Waals surface area (Å²) in [5.41, 5.74) is 0. The van der Waals surface area contributed by atoms with Crippen LogP contribution in [-0.2, 0) is 9.53 Å². The first-order valence-corrected chi connectivity index (χ1v) is 7.43. The average molecular weight is 272 g/mol. The number of esters is 1. The van der Waals surface area contributed by atoms with Gasteiger partial charge in [-0.05, 0) is 12.8 Å². The molecule has 6 heteroatoms. The van der Waals surface area contributed by atoms with Crippen molar-refractivity contribution < 1.29 is 14.3 Å². The zero-order chi connectivity index (χ0) is 13.1. The van der Waals surface area contributed by atoms with E-state index in [2.05, 4.69) is 10.6 Å². The van der Waals surface area contributed by atoms with Gasteiger partial charge in [-0.15, -0.1) is 0 Å². The molecule has 0 aliphatic carbocycles. The van der Waals surface area contributed by atoms with Crippen LogP contribution in [0.5, 0.6) is 0 Å². The number of fused-ring (bicyclic) bond motifs is 1. The number of amides is 2. The van der Waals surface area contributed by atoms with Crippen LogP contribution in [0.4, 0.5) is 4.79 Å². The number of thioether (sulfide) groups is 1. The molecule has 2 aliphatic rings. The molecule has 2 rings (SSSR count). The first-order valence-electron chi connectivity index (χ1n) is 6.38. The molecular formula is C12H20N2O3S. The Labute approximate surface area is 111 Å². The summed E-state index contributed by atoms with van der Waals surface area (Å²) in [5, 5.41) is 6.37. The number of hydrogen-bond acceptors (Lipinski definition) is 4. The lowest BCUT2D eigenvalue weighted by atomic mass is 9.99. The molecule has 0 spiro atoms. The largest absolute Gasteiger partial charge is 0.469 e. The van der Waals surface area contributed by atoms with E-state index in [0.717, 1.165) is 25.0 Å². The third-order valence-electron chi connectivity index (χ3n) is 3.67. The van der Waals surface area contributed by atoms with Crippen molar-refractivity contribution in [3.63, 3.8) is 0 Å². The summed E-state index contributed by atoms with van der Waals surface area (Å²) < 4.78 is 4.71. The van der Waals surface area contributed by atoms with Crippen LogP contribution in [0.3, 0.4) is 0 Å². The van der Waals surface area contributed by atoms with Crippen molar-refractivity contribution in [3.8, 4) is 0 Å². The van der Waals surface area contributed by atoms with Crippen LogP contribution in [0.1, 0.15) is 26.2 Å². The van der Waals surface area contributed by atoms with E-state index < -0.39 is 0 Å². The standard InChI is InChI=1S/C12H20N2O3S/c1-7(11(15)17-2)4-3-5-9-10-8(6-18-9)13-12(16)14-10/h7-10H,3-6H2,1-2H3,(H2,13,14,16). The Morgan fingerprint density at radius 2 is 2.33 bits per heavy atom. The fourth-order valence-electron chi connectivity index (χ4n) is 2.59. The van der Waals surface area contributed by atoms with Gasteiger partial charge in [0.2, 0.25) is 0 Å². The average Bonchev–Trinajstić information content (AvgIpc) is 2.88. The molecule has 2 aliphatic heterocycles. The Morgan fingerprint density at radius 1 is 1.56 bits per heavy atom. The van der Waals surface area contributed by atoms with E-state index in [1.54, 1.807) is 0 Å². The third kappa shape index (κ3) is 2.91. The molecule has 2 amide bonds. The molecule has 4 atom stereocenters. The van der Waals surface area contributed by atoms with Crippen LogP contribution < -0.4 is 10.6 Å². The Bertz CT molecular complexity index is 337. The van der Waals surface area contributed by atoms with Gasteiger partial charge in [0.05, 0.1) is 25.1 Å². The first kappa shape index (κ1) is 13.5. The molecule has 0 bridgehead atoms. The summed E-state index contributed by atoms with van der Waals surface area (Å²) >= 11 is 1.91. The number of methoxy groups -OCH3 is 1. The zero-order valence-electron chi connectivity index (χ0n) is 10.8. The second-order valence-electron chi connectivity index (χ2n) is 4.98. The van der Waals surface area contributed by atoms with Gasteiger partial charge in [-0.2, -0.15) is 11.8 Å². The van der Waals surface area contributed by atoms with Gasteiger partial charge in [0, 0.05) is 11.0 Å². The predicted octanol–water partition coefficient (Wildman–Crippen LogP) is 1.13. The highest BCUT2D eigenvalue weighted by molar-refractivity contribution is 8.00. The molecule has 5 nitrogen and oxygen atoms in total. The van der Waals surface area contributed by atoms with Gasteiger partial charge in [0.15, 0.2) is 0 Å². The molecule has 0 radical (unpaired) electrons. The smallest absolute Gasteiger partial charge is 0.315 e. The minimum Gasteiger partial charge on any atom is -0.469 e. The lowest BCUT2D eigenvalue weighted by Gasteiger charge is -2.17. The van der Waals surface area contributed by atoms with Crippen molar-refractivity contribution in [1.82, 2.24) is 10.6 Å². The number of nitrogens with one attached hydrogen (secondary N) is 2. The SMILES string of the molecule is COC(=O)C(C)CCCC1SCC2NC(=O)NC21. The van der Waals surface area contributed by atoms with E-state index in [1.807, 2.05) is 18.7 Å². The van der Waals surface area contributed by atoms with Crippen molar-refractivity contribution >= 4 is 23.8 Å². The van der Waals surface area contributed by atoms with E-state index in [0.29, 0.717) is 5.25 Å². The quantitative estimate of drug-likeness (QED) is 0.581. The maximum absolute atomic E-state index is 11.3. The molecule has 4 unspecified atom stereocenters. The van der Waals surface area contributed by atoms with Crippen molar-refractivity contribution in [1.29, 1.82) is 0 Å². The highest BCUT2D eigenvalue weighted by atomic mass is 32.2. The fourth-order valence-corrected chi connectivity index (χ4v) is 4.13. The number of ether oxygens (including phenoxy) is 1. The first-order chi connectivity index (χ1) is 8.61. The Hall–Kier alpha value is -0.910. The minimum absolute atomic E-state index is 0.0338. The topological polar surface area (TPSA) is 67.4 Å². The van der Waals surface area contributed by atoms with Crippen molar-refractivity contribution in [2.24, 2.45) is 5.92 Å². The van der Waals surface area contributed by atoms with Gasteiger partial charge in [-0.3, -0.25) is 4.79 Å². The molecule has 0 aromatic rings. The van der Waals surface area contributed by atoms with Crippen LogP contribution >= 0.6 is 11.8 Å². The van der Waals surface area contributed by atoms with Crippen LogP contribution in [0.2, 0.25) is 0 Å². The van der Waals surface area contributed by atoms with Gasteiger partial charge in [0.1, 0.15) is 0 Å². The number of carbonyl (C=O) groups excluding carboxylic acids is 2. The molecule has 0 aromatic carbocycles. The Kier molecular flexibility index (Phi) is 4.37. The zero-order valence-corrected chi connectivity index (χ0v) is 11.6. The van der Waals surface area contributed by atoms with Crippen LogP contribution in [-0.4, -0.2) is 42.2 Å². The summed E-state index contributed by atoms with van der Waals surface area (Å²) in [4.78, 5) is 22.5. The molecule has 102 valence electrons. The molecule has 2 fully saturated rings. The van der Waals surface area contributed by atoms with Gasteiger partial charge in [-0.1, -0.05) is 13.3 Å². The molecular weight excluding hydrogens is 252 g/mol. The number of rotatable bonds is 5. The molecule has 0 aromatic heterocycles. The van der Waals surface area contributed by atoms with Crippen molar-refractivity contribution in [2.45, 2.75) is 43.5 Å². The highest BCUT2D eigenvalue weighted by Crippen LogP contribution is 2.33. The summed E-state index contributed by atoms with van der Waals surface area (Å²) in [6.45, 7) is 1.90. The lowest BCUT2D eigenvalue weighted by molar-refractivity contribution is -0.145. The second-order valence-corrected chi connectivity index (χ2v) is 6.25. The van der Waals surface area contributed by atoms with Crippen molar-refractivity contribution in [3.05, 3.63) is 0 Å². The summed E-state index contributed by atoms with van der Waals surface area (Å²) in [6, 6.07) is 0.500. The van der Waals surface area contributed by atoms with Crippen LogP contribution in [0.25, 0.3) is 0 Å². The Balaban J connectivity index is 1.71. The normalized spacial score (nSPS) is 31.4. The summed E-state index contributed by atoms with van der Waals surface area (Å²) in [5.74, 6) is 0.817. The molecule has 2 N–H and O–H groups in total. The van der Waals surface area contributed by atoms with E-state index in [1.165, 1.54) is 7.11 Å². The third-order valence-corrected chi connectivity index (χ3v) is 5.18. The van der Waals surface area contributed by atoms with E-state index >= 15 is 0 Å². The highest BCUT2D eigenvalue weighted by Gasteiger charge is 2.42. The maximum Gasteiger partial charge on any atom is 0.315 e. The van der Waals surface area contributed by atoms with Gasteiger partial charge in [0.25, 0.3) is 0 Å². The summed E-state index contributed by atoms with van der Waals surface area (Å²) in [6.07, 6.45) is 2.88. The monoisotopic (exact) mass is 272 g/mol. The number of hydrogen-bond donors (Lipinski definition) is 2. The van der Waals surface area contributed by atoms with Crippen LogP contribution in [0, 0.1) is 5.92 Å². The molecule has 2 saturated heterocycles. The van der Waals surface area contributed by atoms with Crippen molar-refractivity contribution in [2.75, 3.05) is 12.9 Å². The Morgan fingerprint density at radius 3 is 3.06 bits per heavy atom. The minimum atomic E-state index is -0.136.